The van der Waals surface area contributed by atoms with Gasteiger partial charge in [0.15, 0.2) is 0 Å². The lowest BCUT2D eigenvalue weighted by Gasteiger charge is -2.38. The van der Waals surface area contributed by atoms with Gasteiger partial charge in [-0.3, -0.25) is 0 Å². The molecular weight excluding hydrogens is 274 g/mol. The summed E-state index contributed by atoms with van der Waals surface area (Å²) in [5.74, 6) is 0. The minimum atomic E-state index is 0.0782. The molecule has 1 N–H and O–H groups in total. The summed E-state index contributed by atoms with van der Waals surface area (Å²) in [7, 11) is 0. The molecular formula is C18H29N3O. The van der Waals surface area contributed by atoms with Crippen molar-refractivity contribution >= 4 is 11.7 Å². The summed E-state index contributed by atoms with van der Waals surface area (Å²) in [5.41, 5.74) is 4.10. The second-order valence-corrected chi connectivity index (χ2v) is 6.17. The van der Waals surface area contributed by atoms with Crippen molar-refractivity contribution in [2.75, 3.05) is 31.1 Å². The smallest absolute Gasteiger partial charge is 0.317 e. The minimum Gasteiger partial charge on any atom is -0.368 e. The Hall–Kier alpha value is -1.71. The summed E-state index contributed by atoms with van der Waals surface area (Å²) in [4.78, 5) is 16.6. The number of para-hydroxylation sites is 1. The van der Waals surface area contributed by atoms with Crippen molar-refractivity contribution in [1.82, 2.24) is 10.2 Å². The summed E-state index contributed by atoms with van der Waals surface area (Å²) in [6.45, 7) is 11.9. The standard InChI is InChI=1S/C18H29N3O/c1-5-15(4)19-18(22)21-12-10-20(11-13-21)17-14(3)8-7-9-16(17)6-2/h7-9,15H,5-6,10-13H2,1-4H3,(H,19,22). The van der Waals surface area contributed by atoms with Crippen LogP contribution in [0.2, 0.25) is 0 Å². The number of rotatable bonds is 4. The Morgan fingerprint density at radius 3 is 2.50 bits per heavy atom. The summed E-state index contributed by atoms with van der Waals surface area (Å²) >= 11 is 0. The van der Waals surface area contributed by atoms with Crippen molar-refractivity contribution in [3.05, 3.63) is 29.3 Å². The molecule has 0 saturated carbocycles. The third-order valence-corrected chi connectivity index (χ3v) is 4.57. The van der Waals surface area contributed by atoms with Crippen LogP contribution in [0, 0.1) is 6.92 Å². The van der Waals surface area contributed by atoms with Gasteiger partial charge in [-0.2, -0.15) is 0 Å². The van der Waals surface area contributed by atoms with Crippen LogP contribution in [0.25, 0.3) is 0 Å². The molecule has 0 spiro atoms. The van der Waals surface area contributed by atoms with Crippen LogP contribution in [0.15, 0.2) is 18.2 Å². The molecule has 1 atom stereocenters. The number of hydrogen-bond acceptors (Lipinski definition) is 2. The fourth-order valence-corrected chi connectivity index (χ4v) is 2.99. The quantitative estimate of drug-likeness (QED) is 0.927. The van der Waals surface area contributed by atoms with E-state index in [4.69, 9.17) is 0 Å². The molecule has 0 radical (unpaired) electrons. The molecule has 4 heteroatoms. The maximum atomic E-state index is 12.2. The number of urea groups is 1. The topological polar surface area (TPSA) is 35.6 Å². The minimum absolute atomic E-state index is 0.0782. The Balaban J connectivity index is 1.99. The van der Waals surface area contributed by atoms with Crippen LogP contribution >= 0.6 is 0 Å². The van der Waals surface area contributed by atoms with E-state index in [0.717, 1.165) is 39.0 Å². The third-order valence-electron chi connectivity index (χ3n) is 4.57. The molecule has 1 fully saturated rings. The van der Waals surface area contributed by atoms with Crippen LogP contribution in [0.1, 0.15) is 38.3 Å². The van der Waals surface area contributed by atoms with E-state index in [2.05, 4.69) is 56.1 Å². The number of anilines is 1. The van der Waals surface area contributed by atoms with Crippen molar-refractivity contribution < 1.29 is 4.79 Å². The average Bonchev–Trinajstić information content (AvgIpc) is 2.54. The Morgan fingerprint density at radius 1 is 1.23 bits per heavy atom. The first kappa shape index (κ1) is 16.7. The van der Waals surface area contributed by atoms with Crippen molar-refractivity contribution in [2.24, 2.45) is 0 Å². The number of carbonyl (C=O) groups excluding carboxylic acids is 1. The molecule has 2 rings (SSSR count). The Kier molecular flexibility index (Phi) is 5.69. The number of aryl methyl sites for hydroxylation is 2. The Labute approximate surface area is 134 Å². The number of hydrogen-bond donors (Lipinski definition) is 1. The molecule has 1 unspecified atom stereocenters. The highest BCUT2D eigenvalue weighted by atomic mass is 16.2. The number of piperazine rings is 1. The SMILES string of the molecule is CCc1cccc(C)c1N1CCN(C(=O)NC(C)CC)CC1. The maximum absolute atomic E-state index is 12.2. The Bertz CT molecular complexity index is 507. The molecule has 0 aliphatic carbocycles. The van der Waals surface area contributed by atoms with Gasteiger partial charge >= 0.3 is 6.03 Å². The van der Waals surface area contributed by atoms with E-state index in [1.54, 1.807) is 0 Å². The molecule has 22 heavy (non-hydrogen) atoms. The van der Waals surface area contributed by atoms with Crippen molar-refractivity contribution in [3.8, 4) is 0 Å². The molecule has 1 heterocycles. The van der Waals surface area contributed by atoms with Gasteiger partial charge in [-0.15, -0.1) is 0 Å². The fraction of sp³-hybridized carbons (Fsp3) is 0.611. The van der Waals surface area contributed by atoms with Crippen LogP contribution in [0.5, 0.6) is 0 Å². The van der Waals surface area contributed by atoms with Gasteiger partial charge in [0.05, 0.1) is 0 Å². The zero-order chi connectivity index (χ0) is 16.1. The van der Waals surface area contributed by atoms with E-state index in [0.29, 0.717) is 0 Å². The number of nitrogens with zero attached hydrogens (tertiary/aromatic N) is 2. The lowest BCUT2D eigenvalue weighted by atomic mass is 10.0. The molecule has 4 nitrogen and oxygen atoms in total. The zero-order valence-electron chi connectivity index (χ0n) is 14.4. The zero-order valence-corrected chi connectivity index (χ0v) is 14.4. The van der Waals surface area contributed by atoms with E-state index in [-0.39, 0.29) is 12.1 Å². The highest BCUT2D eigenvalue weighted by Gasteiger charge is 2.23. The second-order valence-electron chi connectivity index (χ2n) is 6.17. The summed E-state index contributed by atoms with van der Waals surface area (Å²) in [6, 6.07) is 6.84. The van der Waals surface area contributed by atoms with E-state index >= 15 is 0 Å². The van der Waals surface area contributed by atoms with Crippen molar-refractivity contribution in [1.29, 1.82) is 0 Å². The first-order valence-corrected chi connectivity index (χ1v) is 8.45. The normalized spacial score (nSPS) is 16.5. The van der Waals surface area contributed by atoms with Gasteiger partial charge in [-0.05, 0) is 37.8 Å². The van der Waals surface area contributed by atoms with E-state index in [1.807, 2.05) is 4.90 Å². The molecule has 1 aromatic carbocycles. The average molecular weight is 303 g/mol. The van der Waals surface area contributed by atoms with Crippen LogP contribution < -0.4 is 10.2 Å². The second kappa shape index (κ2) is 7.52. The molecule has 1 aliphatic rings. The van der Waals surface area contributed by atoms with Crippen LogP contribution in [0.4, 0.5) is 10.5 Å². The third kappa shape index (κ3) is 3.73. The lowest BCUT2D eigenvalue weighted by Crippen LogP contribution is -2.53. The van der Waals surface area contributed by atoms with Crippen LogP contribution in [-0.4, -0.2) is 43.2 Å². The molecule has 0 bridgehead atoms. The molecule has 1 aliphatic heterocycles. The van der Waals surface area contributed by atoms with E-state index in [1.165, 1.54) is 16.8 Å². The van der Waals surface area contributed by atoms with Crippen LogP contribution in [-0.2, 0) is 6.42 Å². The van der Waals surface area contributed by atoms with Gasteiger partial charge < -0.3 is 15.1 Å². The van der Waals surface area contributed by atoms with Gasteiger partial charge in [-0.25, -0.2) is 4.79 Å². The van der Waals surface area contributed by atoms with Gasteiger partial charge in [0.1, 0.15) is 0 Å². The van der Waals surface area contributed by atoms with Gasteiger partial charge in [0.2, 0.25) is 0 Å². The summed E-state index contributed by atoms with van der Waals surface area (Å²) < 4.78 is 0. The highest BCUT2D eigenvalue weighted by Crippen LogP contribution is 2.26. The van der Waals surface area contributed by atoms with E-state index in [9.17, 15) is 4.79 Å². The Morgan fingerprint density at radius 2 is 1.91 bits per heavy atom. The summed E-state index contributed by atoms with van der Waals surface area (Å²) in [6.07, 6.45) is 2.01. The fourth-order valence-electron chi connectivity index (χ4n) is 2.99. The first-order chi connectivity index (χ1) is 10.6. The highest BCUT2D eigenvalue weighted by molar-refractivity contribution is 5.75. The predicted octanol–water partition coefficient (Wildman–Crippen LogP) is 3.19. The first-order valence-electron chi connectivity index (χ1n) is 8.45. The van der Waals surface area contributed by atoms with Gasteiger partial charge in [-0.1, -0.05) is 32.0 Å². The monoisotopic (exact) mass is 303 g/mol. The number of nitrogens with one attached hydrogen (secondary N) is 1. The molecule has 0 aromatic heterocycles. The summed E-state index contributed by atoms with van der Waals surface area (Å²) in [5, 5.41) is 3.06. The van der Waals surface area contributed by atoms with Crippen molar-refractivity contribution in [2.45, 2.75) is 46.6 Å². The molecule has 2 amide bonds. The lowest BCUT2D eigenvalue weighted by molar-refractivity contribution is 0.190. The number of carbonyl (C=O) groups is 1. The molecule has 1 saturated heterocycles. The molecule has 1 aromatic rings. The van der Waals surface area contributed by atoms with Crippen LogP contribution in [0.3, 0.4) is 0 Å². The van der Waals surface area contributed by atoms with Gasteiger partial charge in [0.25, 0.3) is 0 Å². The van der Waals surface area contributed by atoms with Crippen molar-refractivity contribution in [3.63, 3.8) is 0 Å². The number of benzene rings is 1. The molecule has 122 valence electrons. The largest absolute Gasteiger partial charge is 0.368 e. The number of amides is 2. The predicted molar refractivity (Wildman–Crippen MR) is 92.6 cm³/mol. The maximum Gasteiger partial charge on any atom is 0.317 e. The van der Waals surface area contributed by atoms with Gasteiger partial charge in [0, 0.05) is 37.9 Å². The van der Waals surface area contributed by atoms with E-state index < -0.39 is 0 Å².